The van der Waals surface area contributed by atoms with E-state index in [9.17, 15) is 4.79 Å². The van der Waals surface area contributed by atoms with Crippen molar-refractivity contribution in [2.24, 2.45) is 5.92 Å². The number of pyridine rings is 1. The molecule has 0 aliphatic carbocycles. The Kier molecular flexibility index (Phi) is 5.09. The number of aromatic nitrogens is 2. The van der Waals surface area contributed by atoms with Gasteiger partial charge in [-0.05, 0) is 49.4 Å². The van der Waals surface area contributed by atoms with Crippen LogP contribution in [0, 0.1) is 17.2 Å². The molecule has 1 aromatic carbocycles. The average Bonchev–Trinajstić information content (AvgIpc) is 3.39. The Bertz CT molecular complexity index is 1100. The standard InChI is InChI=1S/C23H23N5OS/c24-12-16-7-8-21(25-13-16)27-9-10-28-19(14-27)11-18(23(28)29)5-1-3-17-4-2-6-20-22(17)30-15-26-20/h2,4,6-8,13,15,18-19H,1,3,5,9-11,14H2/t18-,19-/m0/s1. The van der Waals surface area contributed by atoms with Crippen molar-refractivity contribution in [3.8, 4) is 6.07 Å². The second kappa shape index (κ2) is 8.04. The summed E-state index contributed by atoms with van der Waals surface area (Å²) in [7, 11) is 0. The molecule has 2 fully saturated rings. The zero-order valence-corrected chi connectivity index (χ0v) is 17.5. The van der Waals surface area contributed by atoms with Crippen LogP contribution in [0.5, 0.6) is 0 Å². The van der Waals surface area contributed by atoms with Gasteiger partial charge in [0.25, 0.3) is 0 Å². The SMILES string of the molecule is N#Cc1ccc(N2CCN3C(=O)[C@@H](CCCc4cccc5ncsc45)C[C@H]3C2)nc1. The first-order valence-electron chi connectivity index (χ1n) is 10.5. The molecular formula is C23H23N5OS. The molecule has 7 heteroatoms. The summed E-state index contributed by atoms with van der Waals surface area (Å²) in [6.07, 6.45) is 5.50. The zero-order valence-electron chi connectivity index (χ0n) is 16.7. The number of benzene rings is 1. The lowest BCUT2D eigenvalue weighted by atomic mass is 9.96. The van der Waals surface area contributed by atoms with Crippen LogP contribution in [0.3, 0.4) is 0 Å². The summed E-state index contributed by atoms with van der Waals surface area (Å²) in [5.41, 5.74) is 4.89. The fourth-order valence-corrected chi connectivity index (χ4v) is 5.61. The molecule has 0 bridgehead atoms. The van der Waals surface area contributed by atoms with E-state index in [0.29, 0.717) is 11.5 Å². The topological polar surface area (TPSA) is 73.1 Å². The summed E-state index contributed by atoms with van der Waals surface area (Å²) in [4.78, 5) is 26.1. The van der Waals surface area contributed by atoms with Crippen molar-refractivity contribution in [2.75, 3.05) is 24.5 Å². The van der Waals surface area contributed by atoms with Crippen LogP contribution in [0.1, 0.15) is 30.4 Å². The van der Waals surface area contributed by atoms with Crippen molar-refractivity contribution < 1.29 is 4.79 Å². The second-order valence-corrected chi connectivity index (χ2v) is 8.95. The summed E-state index contributed by atoms with van der Waals surface area (Å²) in [6.45, 7) is 2.37. The van der Waals surface area contributed by atoms with Crippen LogP contribution in [0.2, 0.25) is 0 Å². The van der Waals surface area contributed by atoms with E-state index in [1.54, 1.807) is 23.6 Å². The smallest absolute Gasteiger partial charge is 0.226 e. The van der Waals surface area contributed by atoms with Crippen molar-refractivity contribution in [1.82, 2.24) is 14.9 Å². The maximum atomic E-state index is 12.9. The van der Waals surface area contributed by atoms with E-state index in [1.165, 1.54) is 10.3 Å². The summed E-state index contributed by atoms with van der Waals surface area (Å²) < 4.78 is 1.28. The average molecular weight is 418 g/mol. The number of amides is 1. The monoisotopic (exact) mass is 417 g/mol. The first-order valence-corrected chi connectivity index (χ1v) is 11.3. The number of nitriles is 1. The van der Waals surface area contributed by atoms with Gasteiger partial charge in [-0.15, -0.1) is 11.3 Å². The molecular weight excluding hydrogens is 394 g/mol. The predicted molar refractivity (Wildman–Crippen MR) is 117 cm³/mol. The Labute approximate surface area is 179 Å². The van der Waals surface area contributed by atoms with E-state index in [-0.39, 0.29) is 12.0 Å². The van der Waals surface area contributed by atoms with Gasteiger partial charge in [-0.3, -0.25) is 4.79 Å². The van der Waals surface area contributed by atoms with Gasteiger partial charge in [0.1, 0.15) is 11.9 Å². The number of nitrogens with zero attached hydrogens (tertiary/aromatic N) is 5. The molecule has 0 N–H and O–H groups in total. The highest BCUT2D eigenvalue weighted by Crippen LogP contribution is 2.33. The third kappa shape index (κ3) is 3.52. The number of hydrogen-bond donors (Lipinski definition) is 0. The molecule has 3 aromatic rings. The lowest BCUT2D eigenvalue weighted by molar-refractivity contribution is -0.132. The van der Waals surface area contributed by atoms with Gasteiger partial charge in [-0.1, -0.05) is 12.1 Å². The number of carbonyl (C=O) groups excluding carboxylic acids is 1. The third-order valence-corrected chi connectivity index (χ3v) is 7.23. The normalized spacial score (nSPS) is 21.1. The van der Waals surface area contributed by atoms with Gasteiger partial charge in [0.15, 0.2) is 0 Å². The van der Waals surface area contributed by atoms with Crippen LogP contribution in [0.25, 0.3) is 10.2 Å². The van der Waals surface area contributed by atoms with Crippen LogP contribution in [0.4, 0.5) is 5.82 Å². The second-order valence-electron chi connectivity index (χ2n) is 8.09. The van der Waals surface area contributed by atoms with Crippen LogP contribution in [-0.2, 0) is 11.2 Å². The first-order chi connectivity index (χ1) is 14.7. The van der Waals surface area contributed by atoms with E-state index in [0.717, 1.165) is 56.7 Å². The van der Waals surface area contributed by atoms with Gasteiger partial charge in [0.2, 0.25) is 5.91 Å². The minimum Gasteiger partial charge on any atom is -0.353 e. The van der Waals surface area contributed by atoms with Gasteiger partial charge >= 0.3 is 0 Å². The molecule has 2 atom stereocenters. The van der Waals surface area contributed by atoms with E-state index in [2.05, 4.69) is 44.0 Å². The van der Waals surface area contributed by atoms with E-state index < -0.39 is 0 Å². The quantitative estimate of drug-likeness (QED) is 0.634. The van der Waals surface area contributed by atoms with Crippen molar-refractivity contribution >= 4 is 33.3 Å². The molecule has 0 unspecified atom stereocenters. The van der Waals surface area contributed by atoms with Gasteiger partial charge in [0.05, 0.1) is 27.3 Å². The molecule has 2 aliphatic heterocycles. The number of thiazole rings is 1. The van der Waals surface area contributed by atoms with Crippen LogP contribution >= 0.6 is 11.3 Å². The fraction of sp³-hybridized carbons (Fsp3) is 0.391. The van der Waals surface area contributed by atoms with E-state index in [1.807, 2.05) is 11.6 Å². The van der Waals surface area contributed by atoms with Crippen LogP contribution < -0.4 is 4.90 Å². The van der Waals surface area contributed by atoms with Gasteiger partial charge in [0, 0.05) is 31.7 Å². The van der Waals surface area contributed by atoms with E-state index in [4.69, 9.17) is 5.26 Å². The molecule has 6 nitrogen and oxygen atoms in total. The minimum absolute atomic E-state index is 0.129. The van der Waals surface area contributed by atoms with Crippen LogP contribution in [-0.4, -0.2) is 46.5 Å². The van der Waals surface area contributed by atoms with E-state index >= 15 is 0 Å². The molecule has 1 amide bonds. The molecule has 0 spiro atoms. The summed E-state index contributed by atoms with van der Waals surface area (Å²) >= 11 is 1.70. The molecule has 2 aromatic heterocycles. The Morgan fingerprint density at radius 3 is 2.97 bits per heavy atom. The molecule has 0 saturated carbocycles. The van der Waals surface area contributed by atoms with Crippen LogP contribution in [0.15, 0.2) is 42.0 Å². The number of carbonyl (C=O) groups is 1. The number of hydrogen-bond acceptors (Lipinski definition) is 6. The molecule has 0 radical (unpaired) electrons. The highest BCUT2D eigenvalue weighted by Gasteiger charge is 2.42. The summed E-state index contributed by atoms with van der Waals surface area (Å²) in [5.74, 6) is 1.34. The first kappa shape index (κ1) is 19.0. The highest BCUT2D eigenvalue weighted by atomic mass is 32.1. The molecule has 2 aliphatic rings. The number of aryl methyl sites for hydroxylation is 1. The molecule has 2 saturated heterocycles. The Balaban J connectivity index is 1.19. The van der Waals surface area contributed by atoms with Crippen molar-refractivity contribution in [3.63, 3.8) is 0 Å². The Morgan fingerprint density at radius 1 is 1.20 bits per heavy atom. The molecule has 30 heavy (non-hydrogen) atoms. The predicted octanol–water partition coefficient (Wildman–Crippen LogP) is 3.62. The molecule has 4 heterocycles. The van der Waals surface area contributed by atoms with Crippen molar-refractivity contribution in [3.05, 3.63) is 53.2 Å². The molecule has 5 rings (SSSR count). The largest absolute Gasteiger partial charge is 0.353 e. The fourth-order valence-electron chi connectivity index (χ4n) is 4.78. The van der Waals surface area contributed by atoms with Crippen molar-refractivity contribution in [2.45, 2.75) is 31.7 Å². The minimum atomic E-state index is 0.129. The third-order valence-electron chi connectivity index (χ3n) is 6.31. The van der Waals surface area contributed by atoms with Gasteiger partial charge in [-0.2, -0.15) is 5.26 Å². The zero-order chi connectivity index (χ0) is 20.5. The lowest BCUT2D eigenvalue weighted by Crippen LogP contribution is -2.51. The molecule has 152 valence electrons. The lowest BCUT2D eigenvalue weighted by Gasteiger charge is -2.38. The highest BCUT2D eigenvalue weighted by molar-refractivity contribution is 7.16. The number of fused-ring (bicyclic) bond motifs is 2. The maximum absolute atomic E-state index is 12.9. The van der Waals surface area contributed by atoms with Crippen molar-refractivity contribution in [1.29, 1.82) is 5.26 Å². The summed E-state index contributed by atoms with van der Waals surface area (Å²) in [6, 6.07) is 12.4. The summed E-state index contributed by atoms with van der Waals surface area (Å²) in [5, 5.41) is 8.95. The van der Waals surface area contributed by atoms with Gasteiger partial charge in [-0.25, -0.2) is 9.97 Å². The maximum Gasteiger partial charge on any atom is 0.226 e. The van der Waals surface area contributed by atoms with Gasteiger partial charge < -0.3 is 9.80 Å². The number of piperazine rings is 1. The number of anilines is 1. The Morgan fingerprint density at radius 2 is 2.13 bits per heavy atom. The Hall–Kier alpha value is -2.98. The number of rotatable bonds is 5.